The van der Waals surface area contributed by atoms with Crippen molar-refractivity contribution in [3.8, 4) is 5.75 Å². The second kappa shape index (κ2) is 5.40. The molecule has 0 spiro atoms. The predicted octanol–water partition coefficient (Wildman–Crippen LogP) is 3.65. The number of aromatic nitrogens is 1. The van der Waals surface area contributed by atoms with Crippen molar-refractivity contribution in [1.29, 1.82) is 0 Å². The van der Waals surface area contributed by atoms with E-state index in [2.05, 4.69) is 0 Å². The third-order valence-corrected chi connectivity index (χ3v) is 3.58. The maximum Gasteiger partial charge on any atom is 0.170 e. The average molecular weight is 283 g/mol. The highest BCUT2D eigenvalue weighted by molar-refractivity contribution is 5.97. The molecule has 0 fully saturated rings. The zero-order valence-electron chi connectivity index (χ0n) is 11.5. The van der Waals surface area contributed by atoms with Gasteiger partial charge in [-0.1, -0.05) is 24.3 Å². The van der Waals surface area contributed by atoms with Crippen LogP contribution < -0.4 is 4.74 Å². The summed E-state index contributed by atoms with van der Waals surface area (Å²) >= 11 is 0. The van der Waals surface area contributed by atoms with E-state index in [0.29, 0.717) is 17.7 Å². The Kier molecular flexibility index (Phi) is 3.44. The number of halogens is 1. The Morgan fingerprint density at radius 2 is 2.00 bits per heavy atom. The van der Waals surface area contributed by atoms with Crippen LogP contribution in [0.1, 0.15) is 15.9 Å². The van der Waals surface area contributed by atoms with Gasteiger partial charge >= 0.3 is 0 Å². The van der Waals surface area contributed by atoms with E-state index in [4.69, 9.17) is 4.74 Å². The Labute approximate surface area is 121 Å². The molecule has 0 saturated heterocycles. The van der Waals surface area contributed by atoms with E-state index in [1.807, 2.05) is 29.0 Å². The minimum absolute atomic E-state index is 0.234. The largest absolute Gasteiger partial charge is 0.494 e. The molecule has 2 aromatic carbocycles. The summed E-state index contributed by atoms with van der Waals surface area (Å²) in [5.74, 6) is -0.120. The fourth-order valence-electron chi connectivity index (χ4n) is 2.51. The number of methoxy groups -OCH3 is 1. The molecule has 0 radical (unpaired) electrons. The van der Waals surface area contributed by atoms with Gasteiger partial charge in [-0.15, -0.1) is 0 Å². The zero-order valence-corrected chi connectivity index (χ0v) is 11.5. The number of nitrogens with zero attached hydrogens (tertiary/aromatic N) is 1. The number of hydrogen-bond donors (Lipinski definition) is 0. The van der Waals surface area contributed by atoms with Crippen LogP contribution in [0.5, 0.6) is 5.75 Å². The number of benzene rings is 2. The summed E-state index contributed by atoms with van der Waals surface area (Å²) in [5.41, 5.74) is 2.09. The van der Waals surface area contributed by atoms with Crippen molar-refractivity contribution in [3.05, 3.63) is 65.6 Å². The first kappa shape index (κ1) is 13.4. The van der Waals surface area contributed by atoms with Crippen molar-refractivity contribution in [2.75, 3.05) is 7.11 Å². The molecule has 0 bridgehead atoms. The van der Waals surface area contributed by atoms with Gasteiger partial charge in [0.05, 0.1) is 13.7 Å². The normalized spacial score (nSPS) is 10.8. The van der Waals surface area contributed by atoms with E-state index in [1.165, 1.54) is 7.11 Å². The van der Waals surface area contributed by atoms with Gasteiger partial charge < -0.3 is 9.30 Å². The first-order valence-corrected chi connectivity index (χ1v) is 6.59. The number of carbonyl (C=O) groups is 1. The topological polar surface area (TPSA) is 31.2 Å². The minimum Gasteiger partial charge on any atom is -0.494 e. The van der Waals surface area contributed by atoms with Crippen LogP contribution in [0.2, 0.25) is 0 Å². The minimum atomic E-state index is -0.353. The molecule has 3 aromatic rings. The van der Waals surface area contributed by atoms with Crippen molar-refractivity contribution >= 4 is 17.2 Å². The van der Waals surface area contributed by atoms with Crippen LogP contribution in [0.3, 0.4) is 0 Å². The van der Waals surface area contributed by atoms with Crippen LogP contribution in [0.4, 0.5) is 4.39 Å². The van der Waals surface area contributed by atoms with Crippen molar-refractivity contribution in [2.24, 2.45) is 0 Å². The highest BCUT2D eigenvalue weighted by atomic mass is 19.1. The standard InChI is InChI=1S/C17H14FNO2/c1-21-16-7-3-4-12(17(16)18)10-19-9-8-14-13(11-20)5-2-6-15(14)19/h2-9,11H,10H2,1H3. The van der Waals surface area contributed by atoms with Crippen LogP contribution in [0.25, 0.3) is 10.9 Å². The fraction of sp³-hybridized carbons (Fsp3) is 0.118. The fourth-order valence-corrected chi connectivity index (χ4v) is 2.51. The summed E-state index contributed by atoms with van der Waals surface area (Å²) in [6, 6.07) is 12.5. The number of fused-ring (bicyclic) bond motifs is 1. The molecule has 0 aliphatic heterocycles. The summed E-state index contributed by atoms with van der Waals surface area (Å²) in [4.78, 5) is 11.0. The van der Waals surface area contributed by atoms with Gasteiger partial charge in [0.1, 0.15) is 0 Å². The van der Waals surface area contributed by atoms with Crippen molar-refractivity contribution < 1.29 is 13.9 Å². The molecule has 106 valence electrons. The van der Waals surface area contributed by atoms with Gasteiger partial charge in [-0.25, -0.2) is 4.39 Å². The summed E-state index contributed by atoms with van der Waals surface area (Å²) in [5, 5.41) is 0.871. The molecule has 3 rings (SSSR count). The molecule has 3 nitrogen and oxygen atoms in total. The Bertz CT molecular complexity index is 808. The maximum absolute atomic E-state index is 14.2. The van der Waals surface area contributed by atoms with Gasteiger partial charge in [-0.3, -0.25) is 4.79 Å². The van der Waals surface area contributed by atoms with Gasteiger partial charge in [-0.2, -0.15) is 0 Å². The molecule has 0 unspecified atom stereocenters. The number of carbonyl (C=O) groups excluding carboxylic acids is 1. The van der Waals surface area contributed by atoms with E-state index in [0.717, 1.165) is 17.2 Å². The number of ether oxygens (including phenoxy) is 1. The SMILES string of the molecule is COc1cccc(Cn2ccc3c(C=O)cccc32)c1F. The molecule has 21 heavy (non-hydrogen) atoms. The third kappa shape index (κ3) is 2.29. The summed E-state index contributed by atoms with van der Waals surface area (Å²) in [6.07, 6.45) is 2.69. The van der Waals surface area contributed by atoms with Crippen LogP contribution in [0.15, 0.2) is 48.7 Å². The number of hydrogen-bond acceptors (Lipinski definition) is 2. The zero-order chi connectivity index (χ0) is 14.8. The van der Waals surface area contributed by atoms with E-state index in [9.17, 15) is 9.18 Å². The Morgan fingerprint density at radius 1 is 1.19 bits per heavy atom. The van der Waals surface area contributed by atoms with E-state index in [1.54, 1.807) is 24.3 Å². The highest BCUT2D eigenvalue weighted by Crippen LogP contribution is 2.24. The van der Waals surface area contributed by atoms with E-state index >= 15 is 0 Å². The summed E-state index contributed by atoms with van der Waals surface area (Å²) in [7, 11) is 1.45. The van der Waals surface area contributed by atoms with Gasteiger partial charge in [0, 0.05) is 28.2 Å². The van der Waals surface area contributed by atoms with Crippen molar-refractivity contribution in [3.63, 3.8) is 0 Å². The summed E-state index contributed by atoms with van der Waals surface area (Å²) in [6.45, 7) is 0.384. The molecule has 0 saturated carbocycles. The molecule has 0 amide bonds. The average Bonchev–Trinajstić information content (AvgIpc) is 2.92. The predicted molar refractivity (Wildman–Crippen MR) is 79.4 cm³/mol. The number of rotatable bonds is 4. The van der Waals surface area contributed by atoms with Crippen LogP contribution in [-0.4, -0.2) is 18.0 Å². The van der Waals surface area contributed by atoms with Crippen molar-refractivity contribution in [1.82, 2.24) is 4.57 Å². The lowest BCUT2D eigenvalue weighted by Crippen LogP contribution is -2.02. The number of aldehydes is 1. The molecule has 1 aromatic heterocycles. The van der Waals surface area contributed by atoms with E-state index < -0.39 is 0 Å². The Morgan fingerprint density at radius 3 is 2.76 bits per heavy atom. The van der Waals surface area contributed by atoms with Crippen LogP contribution >= 0.6 is 0 Å². The Balaban J connectivity index is 2.05. The first-order valence-electron chi connectivity index (χ1n) is 6.59. The maximum atomic E-state index is 14.2. The highest BCUT2D eigenvalue weighted by Gasteiger charge is 2.11. The van der Waals surface area contributed by atoms with Crippen molar-refractivity contribution in [2.45, 2.75) is 6.54 Å². The molecule has 0 aliphatic rings. The van der Waals surface area contributed by atoms with Gasteiger partial charge in [0.15, 0.2) is 17.9 Å². The second-order valence-corrected chi connectivity index (χ2v) is 4.77. The lowest BCUT2D eigenvalue weighted by molar-refractivity contribution is 0.112. The lowest BCUT2D eigenvalue weighted by Gasteiger charge is -2.09. The molecular weight excluding hydrogens is 269 g/mol. The van der Waals surface area contributed by atoms with Crippen LogP contribution in [-0.2, 0) is 6.54 Å². The molecule has 1 heterocycles. The summed E-state index contributed by atoms with van der Waals surface area (Å²) < 4.78 is 21.1. The quantitative estimate of drug-likeness (QED) is 0.684. The molecular formula is C17H14FNO2. The lowest BCUT2D eigenvalue weighted by atomic mass is 10.1. The first-order chi connectivity index (χ1) is 10.2. The molecule has 0 atom stereocenters. The molecule has 4 heteroatoms. The van der Waals surface area contributed by atoms with Gasteiger partial charge in [0.2, 0.25) is 0 Å². The monoisotopic (exact) mass is 283 g/mol. The third-order valence-electron chi connectivity index (χ3n) is 3.58. The Hall–Kier alpha value is -2.62. The van der Waals surface area contributed by atoms with E-state index in [-0.39, 0.29) is 11.6 Å². The second-order valence-electron chi connectivity index (χ2n) is 4.77. The molecule has 0 aliphatic carbocycles. The van der Waals surface area contributed by atoms with Gasteiger partial charge in [-0.05, 0) is 18.2 Å². The van der Waals surface area contributed by atoms with Gasteiger partial charge in [0.25, 0.3) is 0 Å². The smallest absolute Gasteiger partial charge is 0.170 e. The van der Waals surface area contributed by atoms with Crippen LogP contribution in [0, 0.1) is 5.82 Å². The molecule has 0 N–H and O–H groups in total.